The van der Waals surface area contributed by atoms with Crippen LogP contribution in [0.1, 0.15) is 11.1 Å². The molecule has 4 nitrogen and oxygen atoms in total. The number of benzene rings is 2. The van der Waals surface area contributed by atoms with Crippen LogP contribution >= 0.6 is 0 Å². The molecule has 0 amide bonds. The molecule has 0 saturated heterocycles. The minimum absolute atomic E-state index is 0.572. The number of rotatable bonds is 3. The third-order valence-electron chi connectivity index (χ3n) is 2.89. The summed E-state index contributed by atoms with van der Waals surface area (Å²) in [6, 6.07) is 13.0. The second kappa shape index (κ2) is 5.32. The molecule has 0 radical (unpaired) electrons. The zero-order valence-corrected chi connectivity index (χ0v) is 10.9. The molecule has 0 atom stereocenters. The molecule has 0 aliphatic carbocycles. The van der Waals surface area contributed by atoms with Crippen molar-refractivity contribution in [3.05, 3.63) is 47.5 Å². The molecule has 2 rings (SSSR count). The average molecular weight is 253 g/mol. The van der Waals surface area contributed by atoms with Gasteiger partial charge >= 0.3 is 0 Å². The van der Waals surface area contributed by atoms with Crippen molar-refractivity contribution in [1.29, 1.82) is 5.26 Å². The molecule has 0 fully saturated rings. The Morgan fingerprint density at radius 3 is 2.58 bits per heavy atom. The van der Waals surface area contributed by atoms with Crippen LogP contribution in [0.15, 0.2) is 36.4 Å². The van der Waals surface area contributed by atoms with Gasteiger partial charge in [-0.25, -0.2) is 0 Å². The molecule has 19 heavy (non-hydrogen) atoms. The molecule has 96 valence electrons. The van der Waals surface area contributed by atoms with Gasteiger partial charge in [-0.05, 0) is 48.9 Å². The van der Waals surface area contributed by atoms with Crippen LogP contribution in [0.25, 0.3) is 0 Å². The first kappa shape index (κ1) is 12.8. The van der Waals surface area contributed by atoms with Crippen molar-refractivity contribution < 1.29 is 4.74 Å². The van der Waals surface area contributed by atoms with Crippen LogP contribution in [-0.2, 0) is 0 Å². The number of aryl methyl sites for hydroxylation is 1. The molecular formula is C15H15N3O. The van der Waals surface area contributed by atoms with Gasteiger partial charge in [0.05, 0.1) is 30.1 Å². The van der Waals surface area contributed by atoms with Gasteiger partial charge in [0.25, 0.3) is 0 Å². The first-order valence-electron chi connectivity index (χ1n) is 5.85. The Kier molecular flexibility index (Phi) is 3.58. The zero-order valence-electron chi connectivity index (χ0n) is 10.9. The smallest absolute Gasteiger partial charge is 0.119 e. The number of hydrogen-bond donors (Lipinski definition) is 2. The normalized spacial score (nSPS) is 9.74. The summed E-state index contributed by atoms with van der Waals surface area (Å²) in [6.45, 7) is 1.98. The molecule has 0 bridgehead atoms. The van der Waals surface area contributed by atoms with E-state index >= 15 is 0 Å². The fourth-order valence-electron chi connectivity index (χ4n) is 1.78. The van der Waals surface area contributed by atoms with Crippen LogP contribution in [0, 0.1) is 18.3 Å². The standard InChI is InChI=1S/C15H15N3O/c1-10-7-12(19-2)4-6-14(10)18-15-8-11(9-16)3-5-13(15)17/h3-8,18H,17H2,1-2H3. The summed E-state index contributed by atoms with van der Waals surface area (Å²) in [4.78, 5) is 0. The van der Waals surface area contributed by atoms with E-state index < -0.39 is 0 Å². The van der Waals surface area contributed by atoms with Gasteiger partial charge < -0.3 is 15.8 Å². The van der Waals surface area contributed by atoms with E-state index in [0.717, 1.165) is 22.7 Å². The maximum Gasteiger partial charge on any atom is 0.119 e. The van der Waals surface area contributed by atoms with Crippen molar-refractivity contribution in [2.45, 2.75) is 6.92 Å². The number of methoxy groups -OCH3 is 1. The van der Waals surface area contributed by atoms with Crippen molar-refractivity contribution in [2.75, 3.05) is 18.2 Å². The SMILES string of the molecule is COc1ccc(Nc2cc(C#N)ccc2N)c(C)c1. The number of nitrogen functional groups attached to an aromatic ring is 1. The molecular weight excluding hydrogens is 238 g/mol. The monoisotopic (exact) mass is 253 g/mol. The Hall–Kier alpha value is -2.67. The lowest BCUT2D eigenvalue weighted by Crippen LogP contribution is -1.98. The Balaban J connectivity index is 2.33. The summed E-state index contributed by atoms with van der Waals surface area (Å²) < 4.78 is 5.16. The molecule has 0 saturated carbocycles. The average Bonchev–Trinajstić information content (AvgIpc) is 2.43. The van der Waals surface area contributed by atoms with Gasteiger partial charge in [0.1, 0.15) is 5.75 Å². The second-order valence-corrected chi connectivity index (χ2v) is 4.22. The van der Waals surface area contributed by atoms with E-state index in [4.69, 9.17) is 15.7 Å². The zero-order chi connectivity index (χ0) is 13.8. The van der Waals surface area contributed by atoms with Gasteiger partial charge in [-0.2, -0.15) is 5.26 Å². The van der Waals surface area contributed by atoms with E-state index in [0.29, 0.717) is 11.3 Å². The summed E-state index contributed by atoms with van der Waals surface area (Å²) in [5.41, 5.74) is 9.78. The number of nitrogens with zero attached hydrogens (tertiary/aromatic N) is 1. The Labute approximate surface area is 112 Å². The lowest BCUT2D eigenvalue weighted by molar-refractivity contribution is 0.414. The summed E-state index contributed by atoms with van der Waals surface area (Å²) in [6.07, 6.45) is 0. The molecule has 0 heterocycles. The maximum absolute atomic E-state index is 8.91. The predicted octanol–water partition coefficient (Wildman–Crippen LogP) is 3.20. The Morgan fingerprint density at radius 2 is 1.95 bits per heavy atom. The number of anilines is 3. The van der Waals surface area contributed by atoms with Crippen LogP contribution in [0.5, 0.6) is 5.75 Å². The first-order chi connectivity index (χ1) is 9.13. The number of nitrogens with two attached hydrogens (primary N) is 1. The summed E-state index contributed by atoms with van der Waals surface area (Å²) in [7, 11) is 1.64. The molecule has 0 aliphatic heterocycles. The number of hydrogen-bond acceptors (Lipinski definition) is 4. The molecule has 3 N–H and O–H groups in total. The lowest BCUT2D eigenvalue weighted by Gasteiger charge is -2.13. The Bertz CT molecular complexity index is 644. The van der Waals surface area contributed by atoms with Crippen LogP contribution < -0.4 is 15.8 Å². The second-order valence-electron chi connectivity index (χ2n) is 4.22. The maximum atomic E-state index is 8.91. The summed E-state index contributed by atoms with van der Waals surface area (Å²) in [5.74, 6) is 0.807. The van der Waals surface area contributed by atoms with Gasteiger partial charge in [0.2, 0.25) is 0 Å². The molecule has 2 aromatic carbocycles. The van der Waals surface area contributed by atoms with Crippen molar-refractivity contribution in [1.82, 2.24) is 0 Å². The molecule has 0 spiro atoms. The third kappa shape index (κ3) is 2.78. The summed E-state index contributed by atoms with van der Waals surface area (Å²) >= 11 is 0. The molecule has 0 aliphatic rings. The van der Waals surface area contributed by atoms with E-state index in [1.165, 1.54) is 0 Å². The van der Waals surface area contributed by atoms with E-state index in [1.807, 2.05) is 25.1 Å². The van der Waals surface area contributed by atoms with Crippen LogP contribution in [0.2, 0.25) is 0 Å². The molecule has 2 aromatic rings. The molecule has 0 unspecified atom stereocenters. The minimum atomic E-state index is 0.572. The molecule has 0 aromatic heterocycles. The number of ether oxygens (including phenoxy) is 1. The highest BCUT2D eigenvalue weighted by molar-refractivity contribution is 5.75. The van der Waals surface area contributed by atoms with Gasteiger partial charge in [-0.3, -0.25) is 0 Å². The first-order valence-corrected chi connectivity index (χ1v) is 5.85. The van der Waals surface area contributed by atoms with Crippen LogP contribution in [0.4, 0.5) is 17.1 Å². The third-order valence-corrected chi connectivity index (χ3v) is 2.89. The topological polar surface area (TPSA) is 71.1 Å². The highest BCUT2D eigenvalue weighted by Gasteiger charge is 2.05. The van der Waals surface area contributed by atoms with E-state index in [9.17, 15) is 0 Å². The van der Waals surface area contributed by atoms with Gasteiger partial charge in [0.15, 0.2) is 0 Å². The highest BCUT2D eigenvalue weighted by atomic mass is 16.5. The summed E-state index contributed by atoms with van der Waals surface area (Å²) in [5, 5.41) is 12.1. The Morgan fingerprint density at radius 1 is 1.16 bits per heavy atom. The van der Waals surface area contributed by atoms with Crippen molar-refractivity contribution in [3.8, 4) is 11.8 Å². The quantitative estimate of drug-likeness (QED) is 0.824. The highest BCUT2D eigenvalue weighted by Crippen LogP contribution is 2.28. The largest absolute Gasteiger partial charge is 0.497 e. The predicted molar refractivity (Wildman–Crippen MR) is 76.6 cm³/mol. The fraction of sp³-hybridized carbons (Fsp3) is 0.133. The van der Waals surface area contributed by atoms with Crippen molar-refractivity contribution in [3.63, 3.8) is 0 Å². The van der Waals surface area contributed by atoms with E-state index in [2.05, 4.69) is 11.4 Å². The van der Waals surface area contributed by atoms with Crippen molar-refractivity contribution >= 4 is 17.1 Å². The van der Waals surface area contributed by atoms with Gasteiger partial charge in [-0.15, -0.1) is 0 Å². The van der Waals surface area contributed by atoms with Gasteiger partial charge in [0, 0.05) is 5.69 Å². The number of nitriles is 1. The molecule has 4 heteroatoms. The van der Waals surface area contributed by atoms with Crippen LogP contribution in [0.3, 0.4) is 0 Å². The number of nitrogens with one attached hydrogen (secondary N) is 1. The minimum Gasteiger partial charge on any atom is -0.497 e. The van der Waals surface area contributed by atoms with E-state index in [-0.39, 0.29) is 0 Å². The fourth-order valence-corrected chi connectivity index (χ4v) is 1.78. The lowest BCUT2D eigenvalue weighted by atomic mass is 10.1. The van der Waals surface area contributed by atoms with E-state index in [1.54, 1.807) is 25.3 Å². The van der Waals surface area contributed by atoms with Crippen LogP contribution in [-0.4, -0.2) is 7.11 Å². The van der Waals surface area contributed by atoms with Crippen molar-refractivity contribution in [2.24, 2.45) is 0 Å². The van der Waals surface area contributed by atoms with Gasteiger partial charge in [-0.1, -0.05) is 0 Å².